The van der Waals surface area contributed by atoms with Crippen LogP contribution in [0.4, 0.5) is 0 Å². The van der Waals surface area contributed by atoms with Crippen molar-refractivity contribution in [3.63, 3.8) is 0 Å². The molecule has 1 aromatic rings. The van der Waals surface area contributed by atoms with E-state index in [0.29, 0.717) is 13.2 Å². The quantitative estimate of drug-likeness (QED) is 0.257. The fraction of sp³-hybridized carbons (Fsp3) is 0.526. The van der Waals surface area contributed by atoms with E-state index in [4.69, 9.17) is 4.74 Å². The Morgan fingerprint density at radius 2 is 1.96 bits per heavy atom. The van der Waals surface area contributed by atoms with Gasteiger partial charge in [-0.2, -0.15) is 0 Å². The van der Waals surface area contributed by atoms with Gasteiger partial charge in [0, 0.05) is 24.2 Å². The average molecular weight is 460 g/mol. The molecule has 5 nitrogen and oxygen atoms in total. The van der Waals surface area contributed by atoms with E-state index in [2.05, 4.69) is 62.0 Å². The summed E-state index contributed by atoms with van der Waals surface area (Å²) in [7, 11) is 4.16. The molecule has 0 saturated heterocycles. The molecule has 1 rings (SSSR count). The van der Waals surface area contributed by atoms with E-state index in [1.165, 1.54) is 0 Å². The van der Waals surface area contributed by atoms with Gasteiger partial charge in [0.2, 0.25) is 0 Å². The van der Waals surface area contributed by atoms with Crippen molar-refractivity contribution in [3.05, 3.63) is 42.5 Å². The Kier molecular flexibility index (Phi) is 11.5. The van der Waals surface area contributed by atoms with Crippen LogP contribution < -0.4 is 15.4 Å². The Balaban J connectivity index is 0.00000576. The second-order valence-electron chi connectivity index (χ2n) is 6.46. The first-order chi connectivity index (χ1) is 11.4. The van der Waals surface area contributed by atoms with Gasteiger partial charge in [-0.15, -0.1) is 24.0 Å². The topological polar surface area (TPSA) is 48.9 Å². The molecule has 142 valence electrons. The van der Waals surface area contributed by atoms with Crippen LogP contribution in [0.15, 0.2) is 41.9 Å². The molecule has 0 bridgehead atoms. The summed E-state index contributed by atoms with van der Waals surface area (Å²) in [4.78, 5) is 6.88. The molecule has 0 unspecified atom stereocenters. The molecule has 6 heteroatoms. The van der Waals surface area contributed by atoms with Gasteiger partial charge in [0.25, 0.3) is 0 Å². The van der Waals surface area contributed by atoms with Crippen molar-refractivity contribution >= 4 is 29.9 Å². The first kappa shape index (κ1) is 23.7. The predicted octanol–water partition coefficient (Wildman–Crippen LogP) is 3.26. The van der Waals surface area contributed by atoms with E-state index < -0.39 is 0 Å². The number of benzene rings is 1. The van der Waals surface area contributed by atoms with Gasteiger partial charge in [-0.25, -0.2) is 4.99 Å². The minimum atomic E-state index is 0. The minimum absolute atomic E-state index is 0. The molecule has 25 heavy (non-hydrogen) atoms. The maximum absolute atomic E-state index is 5.69. The van der Waals surface area contributed by atoms with Crippen molar-refractivity contribution in [2.45, 2.75) is 32.9 Å². The van der Waals surface area contributed by atoms with Crippen LogP contribution in [-0.2, 0) is 6.54 Å². The number of ether oxygens (including phenoxy) is 1. The van der Waals surface area contributed by atoms with Crippen molar-refractivity contribution in [1.29, 1.82) is 0 Å². The molecule has 2 N–H and O–H groups in total. The second-order valence-corrected chi connectivity index (χ2v) is 6.46. The van der Waals surface area contributed by atoms with Crippen LogP contribution in [-0.4, -0.2) is 50.2 Å². The highest BCUT2D eigenvalue weighted by atomic mass is 127. The monoisotopic (exact) mass is 460 g/mol. The maximum atomic E-state index is 5.69. The van der Waals surface area contributed by atoms with E-state index in [-0.39, 0.29) is 29.5 Å². The zero-order valence-corrected chi connectivity index (χ0v) is 18.5. The van der Waals surface area contributed by atoms with Gasteiger partial charge in [-0.05, 0) is 40.9 Å². The van der Waals surface area contributed by atoms with Crippen molar-refractivity contribution in [2.75, 3.05) is 33.8 Å². The normalized spacial score (nSPS) is 11.7. The van der Waals surface area contributed by atoms with Gasteiger partial charge in [0.15, 0.2) is 5.96 Å². The third-order valence-electron chi connectivity index (χ3n) is 3.98. The molecule has 0 radical (unpaired) electrons. The zero-order chi connectivity index (χ0) is 18.0. The first-order valence-electron chi connectivity index (χ1n) is 8.42. The minimum Gasteiger partial charge on any atom is -0.489 e. The Morgan fingerprint density at radius 1 is 1.28 bits per heavy atom. The van der Waals surface area contributed by atoms with Crippen molar-refractivity contribution in [3.8, 4) is 5.75 Å². The third kappa shape index (κ3) is 8.58. The number of hydrogen-bond donors (Lipinski definition) is 2. The van der Waals surface area contributed by atoms with Crippen LogP contribution in [0.5, 0.6) is 5.75 Å². The molecule has 0 aliphatic carbocycles. The molecule has 0 aliphatic heterocycles. The number of halogens is 1. The summed E-state index contributed by atoms with van der Waals surface area (Å²) in [5.41, 5.74) is 1.10. The Hall–Kier alpha value is -1.28. The van der Waals surface area contributed by atoms with Gasteiger partial charge in [0.05, 0.1) is 6.54 Å². The van der Waals surface area contributed by atoms with Gasteiger partial charge in [-0.1, -0.05) is 30.9 Å². The smallest absolute Gasteiger partial charge is 0.191 e. The summed E-state index contributed by atoms with van der Waals surface area (Å²) < 4.78 is 5.69. The summed E-state index contributed by atoms with van der Waals surface area (Å²) in [5, 5.41) is 6.71. The predicted molar refractivity (Wildman–Crippen MR) is 118 cm³/mol. The summed E-state index contributed by atoms with van der Waals surface area (Å²) in [6.07, 6.45) is 1.75. The molecular formula is C19H33IN4O. The van der Waals surface area contributed by atoms with Crippen LogP contribution in [0.2, 0.25) is 0 Å². The third-order valence-corrected chi connectivity index (χ3v) is 3.98. The Morgan fingerprint density at radius 3 is 2.56 bits per heavy atom. The molecular weight excluding hydrogens is 427 g/mol. The Bertz CT molecular complexity index is 544. The van der Waals surface area contributed by atoms with Crippen LogP contribution in [0.3, 0.4) is 0 Å². The molecule has 0 spiro atoms. The van der Waals surface area contributed by atoms with Crippen LogP contribution >= 0.6 is 24.0 Å². The molecule has 0 aromatic heterocycles. The van der Waals surface area contributed by atoms with Gasteiger partial charge in [-0.3, -0.25) is 0 Å². The zero-order valence-electron chi connectivity index (χ0n) is 16.1. The van der Waals surface area contributed by atoms with E-state index in [0.717, 1.165) is 30.4 Å². The van der Waals surface area contributed by atoms with Crippen molar-refractivity contribution in [2.24, 2.45) is 4.99 Å². The highest BCUT2D eigenvalue weighted by molar-refractivity contribution is 14.0. The second kappa shape index (κ2) is 12.1. The molecule has 0 atom stereocenters. The van der Waals surface area contributed by atoms with Crippen molar-refractivity contribution < 1.29 is 4.74 Å². The van der Waals surface area contributed by atoms with Crippen LogP contribution in [0.1, 0.15) is 26.3 Å². The highest BCUT2D eigenvalue weighted by Crippen LogP contribution is 2.18. The first-order valence-corrected chi connectivity index (χ1v) is 8.42. The molecule has 0 amide bonds. The van der Waals surface area contributed by atoms with E-state index in [1.807, 2.05) is 24.3 Å². The number of aliphatic imine (C=N–C) groups is 1. The van der Waals surface area contributed by atoms with E-state index in [1.54, 1.807) is 6.08 Å². The lowest BCUT2D eigenvalue weighted by molar-refractivity contribution is 0.197. The molecule has 1 aromatic carbocycles. The summed E-state index contributed by atoms with van der Waals surface area (Å²) in [6, 6.07) is 7.97. The fourth-order valence-electron chi connectivity index (χ4n) is 1.89. The SMILES string of the molecule is C=CCOc1ccccc1CN=C(NCC)NCC(C)(C)N(C)C.I. The maximum Gasteiger partial charge on any atom is 0.191 e. The van der Waals surface area contributed by atoms with Crippen LogP contribution in [0, 0.1) is 0 Å². The lowest BCUT2D eigenvalue weighted by Crippen LogP contribution is -2.50. The van der Waals surface area contributed by atoms with Crippen molar-refractivity contribution in [1.82, 2.24) is 15.5 Å². The Labute approximate surface area is 169 Å². The molecule has 0 fully saturated rings. The van der Waals surface area contributed by atoms with Gasteiger partial charge in [0.1, 0.15) is 12.4 Å². The van der Waals surface area contributed by atoms with E-state index in [9.17, 15) is 0 Å². The molecule has 0 saturated carbocycles. The number of guanidine groups is 1. The van der Waals surface area contributed by atoms with E-state index >= 15 is 0 Å². The summed E-state index contributed by atoms with van der Waals surface area (Å²) in [6.45, 7) is 12.8. The van der Waals surface area contributed by atoms with Crippen LogP contribution in [0.25, 0.3) is 0 Å². The lowest BCUT2D eigenvalue weighted by atomic mass is 10.0. The standard InChI is InChI=1S/C19H32N4O.HI/c1-7-13-24-17-12-10-9-11-16(17)14-21-18(20-8-2)22-15-19(3,4)23(5)6;/h7,9-12H,1,8,13-15H2,2-6H3,(H2,20,21,22);1H. The lowest BCUT2D eigenvalue weighted by Gasteiger charge is -2.33. The largest absolute Gasteiger partial charge is 0.489 e. The number of likely N-dealkylation sites (N-methyl/N-ethyl adjacent to an activating group) is 1. The number of nitrogens with one attached hydrogen (secondary N) is 2. The number of rotatable bonds is 9. The fourth-order valence-corrected chi connectivity index (χ4v) is 1.89. The number of nitrogens with zero attached hydrogens (tertiary/aromatic N) is 2. The number of hydrogen-bond acceptors (Lipinski definition) is 3. The summed E-state index contributed by atoms with van der Waals surface area (Å²) >= 11 is 0. The molecule has 0 heterocycles. The number of para-hydroxylation sites is 1. The van der Waals surface area contributed by atoms with Gasteiger partial charge < -0.3 is 20.3 Å². The summed E-state index contributed by atoms with van der Waals surface area (Å²) in [5.74, 6) is 1.66. The van der Waals surface area contributed by atoms with Gasteiger partial charge >= 0.3 is 0 Å². The highest BCUT2D eigenvalue weighted by Gasteiger charge is 2.20. The average Bonchev–Trinajstić information content (AvgIpc) is 2.56. The molecule has 0 aliphatic rings.